The van der Waals surface area contributed by atoms with Gasteiger partial charge in [0.2, 0.25) is 0 Å². The number of rotatable bonds is 4. The molecule has 0 heterocycles. The van der Waals surface area contributed by atoms with Gasteiger partial charge < -0.3 is 0 Å². The van der Waals surface area contributed by atoms with Gasteiger partial charge in [0, 0.05) is 0 Å². The van der Waals surface area contributed by atoms with Gasteiger partial charge in [-0.1, -0.05) is 97.6 Å². The van der Waals surface area contributed by atoms with E-state index in [4.69, 9.17) is 0 Å². The molecular weight excluding hydrogens is 386 g/mol. The Bertz CT molecular complexity index is 1350. The molecule has 0 saturated heterocycles. The number of benzene rings is 4. The highest BCUT2D eigenvalue weighted by atomic mass is 14.5. The van der Waals surface area contributed by atoms with Crippen molar-refractivity contribution in [2.75, 3.05) is 0 Å². The molecule has 5 rings (SSSR count). The number of aryl methyl sites for hydroxylation is 2. The molecule has 0 N–H and O–H groups in total. The summed E-state index contributed by atoms with van der Waals surface area (Å²) in [6, 6.07) is 32.9. The van der Waals surface area contributed by atoms with Gasteiger partial charge in [-0.05, 0) is 69.5 Å². The van der Waals surface area contributed by atoms with E-state index in [-0.39, 0.29) is 0 Å². The molecular formula is C31H25N. The Morgan fingerprint density at radius 3 is 1.91 bits per heavy atom. The standard InChI is InChI=1S/C31H25N/c1-4-24-19-23(17-18-32)20-29-30(24)25-13-7-10-16-28(25)31(29,26-14-8-5-11-21(26)2)27-15-9-6-12-22(27)3/h4-16,19-20H,1,17H2,2-3H3. The first kappa shape index (κ1) is 20.0. The highest BCUT2D eigenvalue weighted by Gasteiger charge is 2.48. The van der Waals surface area contributed by atoms with Crippen molar-refractivity contribution in [3.8, 4) is 17.2 Å². The SMILES string of the molecule is C=Cc1cc(CC#N)cc2c1-c1ccccc1C2(c1ccccc1C)c1ccccc1C. The number of hydrogen-bond acceptors (Lipinski definition) is 1. The summed E-state index contributed by atoms with van der Waals surface area (Å²) < 4.78 is 0. The molecule has 1 aliphatic carbocycles. The Morgan fingerprint density at radius 2 is 1.34 bits per heavy atom. The minimum absolute atomic E-state index is 0.377. The van der Waals surface area contributed by atoms with Crippen molar-refractivity contribution in [2.24, 2.45) is 0 Å². The van der Waals surface area contributed by atoms with Crippen LogP contribution >= 0.6 is 0 Å². The zero-order valence-electron chi connectivity index (χ0n) is 18.5. The van der Waals surface area contributed by atoms with Crippen LogP contribution in [-0.4, -0.2) is 0 Å². The second-order valence-electron chi connectivity index (χ2n) is 8.57. The Labute approximate surface area is 190 Å². The summed E-state index contributed by atoms with van der Waals surface area (Å²) in [5.41, 5.74) is 11.7. The molecule has 1 heteroatoms. The number of nitrogens with zero attached hydrogens (tertiary/aromatic N) is 1. The lowest BCUT2D eigenvalue weighted by molar-refractivity contribution is 0.752. The van der Waals surface area contributed by atoms with Crippen molar-refractivity contribution < 1.29 is 0 Å². The third kappa shape index (κ3) is 2.70. The molecule has 0 unspecified atom stereocenters. The first-order valence-electron chi connectivity index (χ1n) is 11.0. The van der Waals surface area contributed by atoms with Gasteiger partial charge in [-0.2, -0.15) is 5.26 Å². The minimum Gasteiger partial charge on any atom is -0.198 e. The smallest absolute Gasteiger partial charge is 0.0718 e. The van der Waals surface area contributed by atoms with Crippen molar-refractivity contribution in [1.29, 1.82) is 5.26 Å². The zero-order valence-corrected chi connectivity index (χ0v) is 18.5. The van der Waals surface area contributed by atoms with E-state index in [0.29, 0.717) is 6.42 Å². The molecule has 0 radical (unpaired) electrons. The average molecular weight is 412 g/mol. The van der Waals surface area contributed by atoms with E-state index in [1.54, 1.807) is 0 Å². The van der Waals surface area contributed by atoms with Gasteiger partial charge in [0.1, 0.15) is 0 Å². The highest BCUT2D eigenvalue weighted by molar-refractivity contribution is 5.91. The van der Waals surface area contributed by atoms with Crippen molar-refractivity contribution in [3.05, 3.63) is 136 Å². The predicted octanol–water partition coefficient (Wildman–Crippen LogP) is 7.38. The van der Waals surface area contributed by atoms with E-state index in [9.17, 15) is 5.26 Å². The summed E-state index contributed by atoms with van der Waals surface area (Å²) >= 11 is 0. The van der Waals surface area contributed by atoms with Gasteiger partial charge in [-0.3, -0.25) is 0 Å². The normalized spacial score (nSPS) is 13.2. The third-order valence-electron chi connectivity index (χ3n) is 6.83. The zero-order chi connectivity index (χ0) is 22.3. The number of nitriles is 1. The molecule has 0 spiro atoms. The van der Waals surface area contributed by atoms with Gasteiger partial charge in [0.15, 0.2) is 0 Å². The van der Waals surface area contributed by atoms with Crippen LogP contribution in [0.15, 0.2) is 91.5 Å². The molecule has 0 atom stereocenters. The van der Waals surface area contributed by atoms with Crippen LogP contribution in [0.1, 0.15) is 44.5 Å². The van der Waals surface area contributed by atoms with E-state index >= 15 is 0 Å². The summed E-state index contributed by atoms with van der Waals surface area (Å²) in [6.07, 6.45) is 2.31. The fourth-order valence-electron chi connectivity index (χ4n) is 5.56. The van der Waals surface area contributed by atoms with Crippen molar-refractivity contribution in [2.45, 2.75) is 25.7 Å². The molecule has 4 aromatic rings. The van der Waals surface area contributed by atoms with Crippen LogP contribution in [0, 0.1) is 25.2 Å². The highest BCUT2D eigenvalue weighted by Crippen LogP contribution is 2.58. The monoisotopic (exact) mass is 411 g/mol. The molecule has 1 nitrogen and oxygen atoms in total. The summed E-state index contributed by atoms with van der Waals surface area (Å²) in [5, 5.41) is 9.48. The van der Waals surface area contributed by atoms with Crippen LogP contribution in [0.3, 0.4) is 0 Å². The average Bonchev–Trinajstić information content (AvgIpc) is 3.10. The Balaban J connectivity index is 2.05. The van der Waals surface area contributed by atoms with Crippen molar-refractivity contribution in [3.63, 3.8) is 0 Å². The quantitative estimate of drug-likeness (QED) is 0.303. The molecule has 0 aliphatic heterocycles. The molecule has 32 heavy (non-hydrogen) atoms. The first-order valence-corrected chi connectivity index (χ1v) is 11.0. The van der Waals surface area contributed by atoms with Crippen LogP contribution in [0.4, 0.5) is 0 Å². The lowest BCUT2D eigenvalue weighted by Crippen LogP contribution is -2.30. The summed E-state index contributed by atoms with van der Waals surface area (Å²) in [7, 11) is 0. The third-order valence-corrected chi connectivity index (χ3v) is 6.83. The largest absolute Gasteiger partial charge is 0.198 e. The van der Waals surface area contributed by atoms with E-state index in [1.165, 1.54) is 44.5 Å². The molecule has 0 aromatic heterocycles. The van der Waals surface area contributed by atoms with E-state index < -0.39 is 5.41 Å². The van der Waals surface area contributed by atoms with E-state index in [1.807, 2.05) is 6.08 Å². The van der Waals surface area contributed by atoms with Gasteiger partial charge >= 0.3 is 0 Å². The van der Waals surface area contributed by atoms with Crippen LogP contribution < -0.4 is 0 Å². The maximum atomic E-state index is 9.48. The maximum Gasteiger partial charge on any atom is 0.0718 e. The van der Waals surface area contributed by atoms with Crippen LogP contribution in [0.2, 0.25) is 0 Å². The Morgan fingerprint density at radius 1 is 0.781 bits per heavy atom. The van der Waals surface area contributed by atoms with E-state index in [0.717, 1.165) is 11.1 Å². The molecule has 1 aliphatic rings. The number of hydrogen-bond donors (Lipinski definition) is 0. The summed E-state index contributed by atoms with van der Waals surface area (Å²) in [5.74, 6) is 0. The Hall–Kier alpha value is -3.89. The van der Waals surface area contributed by atoms with Crippen LogP contribution in [0.25, 0.3) is 17.2 Å². The lowest BCUT2D eigenvalue weighted by atomic mass is 9.65. The molecule has 4 aromatic carbocycles. The van der Waals surface area contributed by atoms with Crippen LogP contribution in [0.5, 0.6) is 0 Å². The fourth-order valence-corrected chi connectivity index (χ4v) is 5.56. The first-order chi connectivity index (χ1) is 15.6. The lowest BCUT2D eigenvalue weighted by Gasteiger charge is -2.36. The molecule has 0 bridgehead atoms. The second-order valence-corrected chi connectivity index (χ2v) is 8.57. The van der Waals surface area contributed by atoms with Gasteiger partial charge in [-0.15, -0.1) is 0 Å². The minimum atomic E-state index is -0.453. The fraction of sp³-hybridized carbons (Fsp3) is 0.129. The van der Waals surface area contributed by atoms with Gasteiger partial charge in [0.05, 0.1) is 17.9 Å². The van der Waals surface area contributed by atoms with Gasteiger partial charge in [-0.25, -0.2) is 0 Å². The summed E-state index contributed by atoms with van der Waals surface area (Å²) in [4.78, 5) is 0. The van der Waals surface area contributed by atoms with E-state index in [2.05, 4.69) is 111 Å². The second kappa shape index (κ2) is 7.66. The Kier molecular flexibility index (Phi) is 4.80. The molecule has 0 fully saturated rings. The number of fused-ring (bicyclic) bond motifs is 3. The van der Waals surface area contributed by atoms with Crippen molar-refractivity contribution >= 4 is 6.08 Å². The van der Waals surface area contributed by atoms with Gasteiger partial charge in [0.25, 0.3) is 0 Å². The topological polar surface area (TPSA) is 23.8 Å². The van der Waals surface area contributed by atoms with Crippen molar-refractivity contribution in [1.82, 2.24) is 0 Å². The van der Waals surface area contributed by atoms with Crippen LogP contribution in [-0.2, 0) is 11.8 Å². The maximum absolute atomic E-state index is 9.48. The molecule has 154 valence electrons. The molecule has 0 saturated carbocycles. The predicted molar refractivity (Wildman–Crippen MR) is 133 cm³/mol. The summed E-state index contributed by atoms with van der Waals surface area (Å²) in [6.45, 7) is 8.52. The molecule has 0 amide bonds.